The molecule has 3 aromatic carbocycles. The van der Waals surface area contributed by atoms with Gasteiger partial charge >= 0.3 is 5.97 Å². The van der Waals surface area contributed by atoms with Crippen LogP contribution in [0.4, 0.5) is 11.4 Å². The number of esters is 1. The van der Waals surface area contributed by atoms with Crippen LogP contribution in [0.5, 0.6) is 5.75 Å². The van der Waals surface area contributed by atoms with Gasteiger partial charge in [0.05, 0.1) is 37.3 Å². The van der Waals surface area contributed by atoms with Gasteiger partial charge < -0.3 is 4.74 Å². The maximum Gasteiger partial charge on any atom is 0.343 e. The summed E-state index contributed by atoms with van der Waals surface area (Å²) in [7, 11) is 0. The molecule has 1 saturated heterocycles. The number of Topliss-reactive ketones (excluding diaryl/α,β-unsaturated/α-hetero) is 1. The number of imide groups is 1. The van der Waals surface area contributed by atoms with Gasteiger partial charge in [-0.2, -0.15) is 5.01 Å². The quantitative estimate of drug-likeness (QED) is 0.0444. The van der Waals surface area contributed by atoms with Crippen molar-refractivity contribution in [3.05, 3.63) is 120 Å². The molecule has 14 nitrogen and oxygen atoms in total. The van der Waals surface area contributed by atoms with Crippen LogP contribution in [-0.4, -0.2) is 70.0 Å². The average Bonchev–Trinajstić information content (AvgIpc) is 3.49. The number of rotatable bonds is 9. The zero-order chi connectivity index (χ0) is 37.4. The van der Waals surface area contributed by atoms with Crippen LogP contribution >= 0.6 is 69.6 Å². The Hall–Kier alpha value is -4.31. The number of allylic oxidation sites excluding steroid dienone is 2. The predicted octanol–water partition coefficient (Wildman–Crippen LogP) is 6.41. The first kappa shape index (κ1) is 36.5. The van der Waals surface area contributed by atoms with E-state index >= 15 is 0 Å². The number of nitro groups is 2. The molecule has 0 N–H and O–H groups in total. The third-order valence-electron chi connectivity index (χ3n) is 8.68. The molecule has 2 aliphatic carbocycles. The van der Waals surface area contributed by atoms with E-state index in [0.717, 1.165) is 36.4 Å². The van der Waals surface area contributed by atoms with E-state index in [9.17, 15) is 44.2 Å². The fourth-order valence-corrected chi connectivity index (χ4v) is 9.08. The standard InChI is InChI=1S/C31H16Cl6N4O10/c32-23-24(33)30(35)22-21(29(23,34)31(30,36)37)26(44)39(27(22)45)38(25(43)15-1-7-17(8-2-15)40(47)48)13-20(42)14-5-11-19(12-6-14)51-28(46)16-3-9-18(10-4-16)41(49)50/h1-12,21-22H,13H2/t21-,22+,29-,30-/m1/s1. The number of nitro benzene ring substituents is 2. The fraction of sp³-hybridized carbons (Fsp3) is 0.194. The number of ether oxygens (including phenoxy) is 1. The van der Waals surface area contributed by atoms with Gasteiger partial charge in [-0.3, -0.25) is 39.4 Å². The molecule has 1 heterocycles. The lowest BCUT2D eigenvalue weighted by atomic mass is 9.84. The first-order valence-corrected chi connectivity index (χ1v) is 16.5. The van der Waals surface area contributed by atoms with Crippen molar-refractivity contribution in [3.63, 3.8) is 0 Å². The highest BCUT2D eigenvalue weighted by Gasteiger charge is 2.88. The monoisotopic (exact) mass is 814 g/mol. The van der Waals surface area contributed by atoms with E-state index in [1.54, 1.807) is 0 Å². The second-order valence-corrected chi connectivity index (χ2v) is 14.7. The first-order valence-electron chi connectivity index (χ1n) is 14.2. The highest BCUT2D eigenvalue weighted by Crippen LogP contribution is 2.77. The van der Waals surface area contributed by atoms with Gasteiger partial charge in [0.2, 0.25) is 0 Å². The van der Waals surface area contributed by atoms with Crippen molar-refractivity contribution in [3.8, 4) is 5.75 Å². The molecule has 1 saturated carbocycles. The highest BCUT2D eigenvalue weighted by atomic mass is 35.5. The fourth-order valence-electron chi connectivity index (χ4n) is 6.15. The van der Waals surface area contributed by atoms with Crippen LogP contribution < -0.4 is 4.74 Å². The summed E-state index contributed by atoms with van der Waals surface area (Å²) in [6.45, 7) is -0.943. The smallest absolute Gasteiger partial charge is 0.343 e. The van der Waals surface area contributed by atoms with Gasteiger partial charge in [-0.1, -0.05) is 46.4 Å². The summed E-state index contributed by atoms with van der Waals surface area (Å²) in [5.74, 6) is -8.33. The molecule has 0 radical (unpaired) electrons. The number of hydrazine groups is 1. The van der Waals surface area contributed by atoms with Crippen molar-refractivity contribution in [2.24, 2.45) is 11.8 Å². The van der Waals surface area contributed by atoms with Crippen molar-refractivity contribution >= 4 is 110 Å². The molecule has 0 spiro atoms. The Morgan fingerprint density at radius 2 is 1.12 bits per heavy atom. The van der Waals surface area contributed by atoms with Crippen molar-refractivity contribution in [2.45, 2.75) is 14.1 Å². The SMILES string of the molecule is O=C(CN(C(=O)c1ccc([N+](=O)[O-])cc1)N1C(=O)[C@@H]2[C@H](C1=O)[C@@]1(Cl)C(Cl)=C(Cl)[C@@]2(Cl)C1(Cl)Cl)c1ccc(OC(=O)c2ccc([N+](=O)[O-])cc2)cc1. The summed E-state index contributed by atoms with van der Waals surface area (Å²) in [6, 6.07) is 13.7. The molecule has 4 atom stereocenters. The van der Waals surface area contributed by atoms with E-state index in [1.807, 2.05) is 0 Å². The summed E-state index contributed by atoms with van der Waals surface area (Å²) in [6.07, 6.45) is 0. The third kappa shape index (κ3) is 5.35. The van der Waals surface area contributed by atoms with E-state index < -0.39 is 71.8 Å². The lowest BCUT2D eigenvalue weighted by molar-refractivity contribution is -0.385. The largest absolute Gasteiger partial charge is 0.423 e. The topological polar surface area (TPSA) is 187 Å². The van der Waals surface area contributed by atoms with Gasteiger partial charge in [-0.25, -0.2) is 9.80 Å². The Morgan fingerprint density at radius 1 is 0.706 bits per heavy atom. The number of amides is 3. The van der Waals surface area contributed by atoms with Crippen LogP contribution in [0, 0.1) is 32.1 Å². The Balaban J connectivity index is 1.30. The van der Waals surface area contributed by atoms with E-state index in [0.29, 0.717) is 10.0 Å². The molecule has 3 amide bonds. The van der Waals surface area contributed by atoms with Crippen molar-refractivity contribution in [1.29, 1.82) is 0 Å². The molecule has 51 heavy (non-hydrogen) atoms. The maximum absolute atomic E-state index is 14.1. The number of benzene rings is 3. The normalized spacial score (nSPS) is 24.4. The molecule has 262 valence electrons. The number of nitrogens with zero attached hydrogens (tertiary/aromatic N) is 4. The Kier molecular flexibility index (Phi) is 9.10. The van der Waals surface area contributed by atoms with E-state index in [2.05, 4.69) is 0 Å². The molecule has 20 heteroatoms. The van der Waals surface area contributed by atoms with Gasteiger partial charge in [0.15, 0.2) is 10.1 Å². The molecule has 0 aromatic heterocycles. The van der Waals surface area contributed by atoms with Crippen LogP contribution in [0.2, 0.25) is 0 Å². The van der Waals surface area contributed by atoms with Crippen molar-refractivity contribution in [1.82, 2.24) is 10.0 Å². The molecule has 2 fully saturated rings. The minimum absolute atomic E-state index is 0.00936. The van der Waals surface area contributed by atoms with Gasteiger partial charge in [-0.05, 0) is 48.5 Å². The lowest BCUT2D eigenvalue weighted by Crippen LogP contribution is -2.56. The number of non-ortho nitro benzene ring substituents is 2. The summed E-state index contributed by atoms with van der Waals surface area (Å²) in [5, 5.41) is 22.2. The number of hydrogen-bond donors (Lipinski definition) is 0. The lowest BCUT2D eigenvalue weighted by Gasteiger charge is -2.36. The minimum atomic E-state index is -2.27. The van der Waals surface area contributed by atoms with Crippen LogP contribution in [0.3, 0.4) is 0 Å². The summed E-state index contributed by atoms with van der Waals surface area (Å²) in [5.41, 5.74) is -0.908. The number of ketones is 1. The first-order chi connectivity index (χ1) is 23.9. The zero-order valence-corrected chi connectivity index (χ0v) is 29.5. The maximum atomic E-state index is 14.1. The Morgan fingerprint density at radius 3 is 1.55 bits per heavy atom. The van der Waals surface area contributed by atoms with Gasteiger partial charge in [0.25, 0.3) is 29.1 Å². The molecule has 3 aromatic rings. The van der Waals surface area contributed by atoms with Crippen LogP contribution in [0.15, 0.2) is 82.9 Å². The van der Waals surface area contributed by atoms with E-state index in [-0.39, 0.29) is 43.9 Å². The molecular weight excluding hydrogens is 801 g/mol. The minimum Gasteiger partial charge on any atom is -0.423 e. The second kappa shape index (κ2) is 12.7. The van der Waals surface area contributed by atoms with E-state index in [4.69, 9.17) is 74.3 Å². The van der Waals surface area contributed by atoms with Crippen LogP contribution in [0.1, 0.15) is 31.1 Å². The van der Waals surface area contributed by atoms with Crippen LogP contribution in [0.25, 0.3) is 0 Å². The predicted molar refractivity (Wildman–Crippen MR) is 182 cm³/mol. The molecule has 3 aliphatic rings. The molecular formula is C31H16Cl6N4O10. The molecule has 0 unspecified atom stereocenters. The van der Waals surface area contributed by atoms with Gasteiger partial charge in [0.1, 0.15) is 22.0 Å². The zero-order valence-electron chi connectivity index (χ0n) is 24.9. The van der Waals surface area contributed by atoms with Crippen molar-refractivity contribution in [2.75, 3.05) is 6.54 Å². The Labute approximate surface area is 315 Å². The van der Waals surface area contributed by atoms with Gasteiger partial charge in [0, 0.05) is 35.4 Å². The molecule has 1 aliphatic heterocycles. The number of halogens is 6. The van der Waals surface area contributed by atoms with E-state index in [1.165, 1.54) is 36.4 Å². The summed E-state index contributed by atoms with van der Waals surface area (Å²) >= 11 is 39.4. The van der Waals surface area contributed by atoms with Crippen LogP contribution in [-0.2, 0) is 9.59 Å². The number of hydrogen-bond acceptors (Lipinski definition) is 10. The number of alkyl halides is 4. The summed E-state index contributed by atoms with van der Waals surface area (Å²) in [4.78, 5) is 84.5. The highest BCUT2D eigenvalue weighted by molar-refractivity contribution is 6.66. The van der Waals surface area contributed by atoms with Gasteiger partial charge in [-0.15, -0.1) is 23.2 Å². The number of carbonyl (C=O) groups is 5. The molecule has 6 rings (SSSR count). The average molecular weight is 817 g/mol. The Bertz CT molecular complexity index is 2070. The van der Waals surface area contributed by atoms with Crippen molar-refractivity contribution < 1.29 is 38.6 Å². The number of fused-ring (bicyclic) bond motifs is 5. The summed E-state index contributed by atoms with van der Waals surface area (Å²) < 4.78 is 3.00. The second-order valence-electron chi connectivity index (χ2n) is 11.4. The third-order valence-corrected chi connectivity index (χ3v) is 12.9. The molecule has 2 bridgehead atoms. The number of carbonyl (C=O) groups excluding carboxylic acids is 5.